The minimum absolute atomic E-state index is 0.647. The zero-order valence-electron chi connectivity index (χ0n) is 10.2. The molecule has 1 saturated carbocycles. The van der Waals surface area contributed by atoms with Crippen molar-refractivity contribution in [3.8, 4) is 0 Å². The molecule has 1 aliphatic rings. The van der Waals surface area contributed by atoms with Crippen LogP contribution in [0.15, 0.2) is 18.7 Å². The lowest BCUT2D eigenvalue weighted by atomic mass is 9.79. The van der Waals surface area contributed by atoms with E-state index >= 15 is 0 Å². The number of nitrogens with zero attached hydrogens (tertiary/aromatic N) is 2. The predicted octanol–water partition coefficient (Wildman–Crippen LogP) is 2.39. The monoisotopic (exact) mass is 219 g/mol. The third-order valence-electron chi connectivity index (χ3n) is 3.70. The molecule has 88 valence electrons. The Labute approximate surface area is 97.7 Å². The van der Waals surface area contributed by atoms with Gasteiger partial charge in [0.25, 0.3) is 0 Å². The molecule has 2 unspecified atom stereocenters. The third kappa shape index (κ3) is 2.79. The summed E-state index contributed by atoms with van der Waals surface area (Å²) in [5.74, 6) is 1.57. The highest BCUT2D eigenvalue weighted by Gasteiger charge is 2.26. The summed E-state index contributed by atoms with van der Waals surface area (Å²) < 4.78 is 0. The van der Waals surface area contributed by atoms with Crippen molar-refractivity contribution in [3.05, 3.63) is 24.3 Å². The van der Waals surface area contributed by atoms with Gasteiger partial charge in [0.05, 0.1) is 0 Å². The standard InChI is InChI=1S/C13H21N3/c1-10-4-3-5-11(2)13(10)16-8-12-6-14-9-15-7-12/h6-7,9-11,13,16H,3-5,8H2,1-2H3. The quantitative estimate of drug-likeness (QED) is 0.848. The van der Waals surface area contributed by atoms with Gasteiger partial charge in [-0.15, -0.1) is 0 Å². The Kier molecular flexibility index (Phi) is 3.88. The highest BCUT2D eigenvalue weighted by Crippen LogP contribution is 2.28. The lowest BCUT2D eigenvalue weighted by molar-refractivity contribution is 0.207. The van der Waals surface area contributed by atoms with Gasteiger partial charge in [-0.2, -0.15) is 0 Å². The molecule has 3 nitrogen and oxygen atoms in total. The van der Waals surface area contributed by atoms with E-state index in [9.17, 15) is 0 Å². The molecule has 1 aromatic rings. The molecular formula is C13H21N3. The van der Waals surface area contributed by atoms with Gasteiger partial charge in [0, 0.05) is 30.5 Å². The summed E-state index contributed by atoms with van der Waals surface area (Å²) in [5, 5.41) is 3.66. The second-order valence-corrected chi connectivity index (χ2v) is 5.04. The van der Waals surface area contributed by atoms with Gasteiger partial charge in [-0.05, 0) is 24.7 Å². The van der Waals surface area contributed by atoms with E-state index in [2.05, 4.69) is 29.1 Å². The summed E-state index contributed by atoms with van der Waals surface area (Å²) in [7, 11) is 0. The SMILES string of the molecule is CC1CCCC(C)C1NCc1cncnc1. The van der Waals surface area contributed by atoms with Crippen LogP contribution in [-0.2, 0) is 6.54 Å². The number of hydrogen-bond acceptors (Lipinski definition) is 3. The maximum absolute atomic E-state index is 4.04. The molecule has 1 N–H and O–H groups in total. The molecule has 1 aromatic heterocycles. The fourth-order valence-electron chi connectivity index (χ4n) is 2.74. The van der Waals surface area contributed by atoms with Crippen LogP contribution < -0.4 is 5.32 Å². The Bertz CT molecular complexity index is 302. The van der Waals surface area contributed by atoms with E-state index in [1.54, 1.807) is 6.33 Å². The largest absolute Gasteiger partial charge is 0.309 e. The third-order valence-corrected chi connectivity index (χ3v) is 3.70. The first-order valence-corrected chi connectivity index (χ1v) is 6.24. The van der Waals surface area contributed by atoms with Crippen molar-refractivity contribution in [2.75, 3.05) is 0 Å². The fourth-order valence-corrected chi connectivity index (χ4v) is 2.74. The Morgan fingerprint density at radius 2 is 1.81 bits per heavy atom. The smallest absolute Gasteiger partial charge is 0.115 e. The van der Waals surface area contributed by atoms with E-state index in [4.69, 9.17) is 0 Å². The first kappa shape index (κ1) is 11.5. The Morgan fingerprint density at radius 1 is 1.19 bits per heavy atom. The molecule has 0 aliphatic heterocycles. The van der Waals surface area contributed by atoms with Gasteiger partial charge in [-0.25, -0.2) is 9.97 Å². The Morgan fingerprint density at radius 3 is 2.44 bits per heavy atom. The lowest BCUT2D eigenvalue weighted by Gasteiger charge is -2.35. The summed E-state index contributed by atoms with van der Waals surface area (Å²) in [5.41, 5.74) is 1.17. The van der Waals surface area contributed by atoms with E-state index in [1.807, 2.05) is 12.4 Å². The molecule has 2 rings (SSSR count). The molecule has 3 heteroatoms. The summed E-state index contributed by atoms with van der Waals surface area (Å²) in [4.78, 5) is 8.07. The molecule has 0 spiro atoms. The van der Waals surface area contributed by atoms with E-state index in [1.165, 1.54) is 24.8 Å². The molecule has 0 aromatic carbocycles. The summed E-state index contributed by atoms with van der Waals surface area (Å²) in [6.45, 7) is 5.60. The van der Waals surface area contributed by atoms with Gasteiger partial charge in [0.2, 0.25) is 0 Å². The summed E-state index contributed by atoms with van der Waals surface area (Å²) in [6.07, 6.45) is 9.45. The van der Waals surface area contributed by atoms with Gasteiger partial charge in [-0.1, -0.05) is 20.3 Å². The van der Waals surface area contributed by atoms with Crippen molar-refractivity contribution < 1.29 is 0 Å². The van der Waals surface area contributed by atoms with Crippen LogP contribution in [0, 0.1) is 11.8 Å². The van der Waals surface area contributed by atoms with Crippen molar-refractivity contribution in [3.63, 3.8) is 0 Å². The molecule has 1 fully saturated rings. The molecule has 1 aliphatic carbocycles. The minimum atomic E-state index is 0.647. The van der Waals surface area contributed by atoms with Crippen molar-refractivity contribution in [2.45, 2.75) is 45.7 Å². The van der Waals surface area contributed by atoms with Crippen LogP contribution in [0.5, 0.6) is 0 Å². The zero-order valence-corrected chi connectivity index (χ0v) is 10.2. The molecule has 2 atom stereocenters. The maximum Gasteiger partial charge on any atom is 0.115 e. The van der Waals surface area contributed by atoms with Crippen LogP contribution in [0.1, 0.15) is 38.7 Å². The topological polar surface area (TPSA) is 37.8 Å². The van der Waals surface area contributed by atoms with Crippen molar-refractivity contribution >= 4 is 0 Å². The maximum atomic E-state index is 4.04. The highest BCUT2D eigenvalue weighted by molar-refractivity contribution is 5.02. The van der Waals surface area contributed by atoms with Crippen LogP contribution in [0.25, 0.3) is 0 Å². The van der Waals surface area contributed by atoms with Crippen LogP contribution in [-0.4, -0.2) is 16.0 Å². The van der Waals surface area contributed by atoms with Crippen LogP contribution in [0.2, 0.25) is 0 Å². The second-order valence-electron chi connectivity index (χ2n) is 5.04. The highest BCUT2D eigenvalue weighted by atomic mass is 14.9. The number of rotatable bonds is 3. The van der Waals surface area contributed by atoms with E-state index < -0.39 is 0 Å². The number of nitrogens with one attached hydrogen (secondary N) is 1. The molecule has 0 radical (unpaired) electrons. The average molecular weight is 219 g/mol. The van der Waals surface area contributed by atoms with Crippen LogP contribution in [0.4, 0.5) is 0 Å². The summed E-state index contributed by atoms with van der Waals surface area (Å²) in [6, 6.07) is 0.647. The first-order chi connectivity index (χ1) is 7.77. The van der Waals surface area contributed by atoms with Crippen molar-refractivity contribution in [1.82, 2.24) is 15.3 Å². The van der Waals surface area contributed by atoms with Gasteiger partial charge in [0.1, 0.15) is 6.33 Å². The van der Waals surface area contributed by atoms with E-state index in [0.29, 0.717) is 6.04 Å². The van der Waals surface area contributed by atoms with Crippen LogP contribution >= 0.6 is 0 Å². The number of aromatic nitrogens is 2. The molecule has 0 bridgehead atoms. The summed E-state index contributed by atoms with van der Waals surface area (Å²) >= 11 is 0. The first-order valence-electron chi connectivity index (χ1n) is 6.24. The lowest BCUT2D eigenvalue weighted by Crippen LogP contribution is -2.42. The molecule has 0 amide bonds. The van der Waals surface area contributed by atoms with E-state index in [-0.39, 0.29) is 0 Å². The van der Waals surface area contributed by atoms with Gasteiger partial charge in [-0.3, -0.25) is 0 Å². The van der Waals surface area contributed by atoms with Gasteiger partial charge in [0.15, 0.2) is 0 Å². The average Bonchev–Trinajstić information content (AvgIpc) is 2.30. The molecule has 1 heterocycles. The van der Waals surface area contributed by atoms with Gasteiger partial charge >= 0.3 is 0 Å². The van der Waals surface area contributed by atoms with E-state index in [0.717, 1.165) is 18.4 Å². The van der Waals surface area contributed by atoms with Crippen molar-refractivity contribution in [1.29, 1.82) is 0 Å². The number of hydrogen-bond donors (Lipinski definition) is 1. The molecular weight excluding hydrogens is 198 g/mol. The molecule has 16 heavy (non-hydrogen) atoms. The Balaban J connectivity index is 1.89. The normalized spacial score (nSPS) is 30.2. The molecule has 0 saturated heterocycles. The van der Waals surface area contributed by atoms with Crippen LogP contribution in [0.3, 0.4) is 0 Å². The minimum Gasteiger partial charge on any atom is -0.309 e. The zero-order chi connectivity index (χ0) is 11.4. The fraction of sp³-hybridized carbons (Fsp3) is 0.692. The second kappa shape index (κ2) is 5.39. The Hall–Kier alpha value is -0.960. The van der Waals surface area contributed by atoms with Gasteiger partial charge < -0.3 is 5.32 Å². The predicted molar refractivity (Wildman–Crippen MR) is 64.8 cm³/mol. The van der Waals surface area contributed by atoms with Crippen molar-refractivity contribution in [2.24, 2.45) is 11.8 Å².